The highest BCUT2D eigenvalue weighted by Gasteiger charge is 2.31. The van der Waals surface area contributed by atoms with Gasteiger partial charge in [-0.2, -0.15) is 0 Å². The largest absolute Gasteiger partial charge is 0.464 e. The molecule has 2 unspecified atom stereocenters. The molecule has 100 valence electrons. The maximum Gasteiger partial charge on any atom is 0.251 e. The van der Waals surface area contributed by atoms with Gasteiger partial charge in [0.15, 0.2) is 0 Å². The number of aryl methyl sites for hydroxylation is 1. The van der Waals surface area contributed by atoms with Gasteiger partial charge in [0.1, 0.15) is 17.6 Å². The van der Waals surface area contributed by atoms with Crippen molar-refractivity contribution in [2.75, 3.05) is 13.6 Å². The number of carbonyl (C=O) groups is 1. The van der Waals surface area contributed by atoms with Crippen LogP contribution in [0.5, 0.6) is 0 Å². The molecule has 1 amide bonds. The molecule has 1 aromatic rings. The summed E-state index contributed by atoms with van der Waals surface area (Å²) in [6, 6.07) is 3.78. The van der Waals surface area contributed by atoms with E-state index in [1.165, 1.54) is 0 Å². The average Bonchev–Trinajstić information content (AvgIpc) is 2.97. The lowest BCUT2D eigenvalue weighted by Gasteiger charge is -2.20. The van der Waals surface area contributed by atoms with Gasteiger partial charge in [-0.1, -0.05) is 0 Å². The van der Waals surface area contributed by atoms with Crippen molar-refractivity contribution < 1.29 is 13.9 Å². The fraction of sp³-hybridized carbons (Fsp3) is 0.615. The lowest BCUT2D eigenvalue weighted by Crippen LogP contribution is -2.36. The Morgan fingerprint density at radius 2 is 2.28 bits per heavy atom. The van der Waals surface area contributed by atoms with Gasteiger partial charge in [-0.25, -0.2) is 0 Å². The minimum atomic E-state index is -0.348. The molecule has 0 aromatic carbocycles. The first-order valence-electron chi connectivity index (χ1n) is 6.26. The Balaban J connectivity index is 1.89. The van der Waals surface area contributed by atoms with Gasteiger partial charge in [-0.3, -0.25) is 4.79 Å². The molecular formula is C13H20N2O3. The summed E-state index contributed by atoms with van der Waals surface area (Å²) >= 11 is 0. The third kappa shape index (κ3) is 2.91. The lowest BCUT2D eigenvalue weighted by atomic mass is 10.2. The zero-order valence-corrected chi connectivity index (χ0v) is 10.9. The van der Waals surface area contributed by atoms with Crippen molar-refractivity contribution in [1.29, 1.82) is 0 Å². The number of ether oxygens (including phenoxy) is 1. The first kappa shape index (κ1) is 13.1. The van der Waals surface area contributed by atoms with E-state index in [9.17, 15) is 4.79 Å². The third-order valence-electron chi connectivity index (χ3n) is 3.21. The Morgan fingerprint density at radius 1 is 1.50 bits per heavy atom. The topological polar surface area (TPSA) is 68.7 Å². The predicted octanol–water partition coefficient (Wildman–Crippen LogP) is 1.05. The first-order chi connectivity index (χ1) is 8.60. The number of furan rings is 1. The minimum Gasteiger partial charge on any atom is -0.464 e. The van der Waals surface area contributed by atoms with E-state index in [0.29, 0.717) is 13.1 Å². The van der Waals surface area contributed by atoms with Gasteiger partial charge in [-0.15, -0.1) is 0 Å². The lowest BCUT2D eigenvalue weighted by molar-refractivity contribution is -0.142. The van der Waals surface area contributed by atoms with Crippen molar-refractivity contribution in [2.24, 2.45) is 5.73 Å². The van der Waals surface area contributed by atoms with Crippen LogP contribution in [0.2, 0.25) is 0 Å². The Kier molecular flexibility index (Phi) is 4.04. The minimum absolute atomic E-state index is 0.00000283. The number of amides is 1. The average molecular weight is 252 g/mol. The number of hydrogen-bond acceptors (Lipinski definition) is 4. The summed E-state index contributed by atoms with van der Waals surface area (Å²) in [7, 11) is 1.76. The van der Waals surface area contributed by atoms with Crippen LogP contribution < -0.4 is 5.73 Å². The predicted molar refractivity (Wildman–Crippen MR) is 66.9 cm³/mol. The molecule has 2 heterocycles. The van der Waals surface area contributed by atoms with Crippen molar-refractivity contribution in [1.82, 2.24) is 4.90 Å². The zero-order chi connectivity index (χ0) is 13.1. The maximum atomic E-state index is 12.1. The van der Waals surface area contributed by atoms with E-state index >= 15 is 0 Å². The summed E-state index contributed by atoms with van der Waals surface area (Å²) in [4.78, 5) is 13.8. The molecule has 0 spiro atoms. The molecule has 2 rings (SSSR count). The number of nitrogens with zero attached hydrogens (tertiary/aromatic N) is 1. The second-order valence-corrected chi connectivity index (χ2v) is 4.77. The van der Waals surface area contributed by atoms with E-state index in [1.54, 1.807) is 11.9 Å². The van der Waals surface area contributed by atoms with Crippen molar-refractivity contribution in [2.45, 2.75) is 38.5 Å². The van der Waals surface area contributed by atoms with Gasteiger partial charge in [0.25, 0.3) is 5.91 Å². The van der Waals surface area contributed by atoms with E-state index in [2.05, 4.69) is 0 Å². The van der Waals surface area contributed by atoms with Gasteiger partial charge in [0.05, 0.1) is 12.6 Å². The van der Waals surface area contributed by atoms with Gasteiger partial charge in [0, 0.05) is 13.6 Å². The number of rotatable bonds is 4. The first-order valence-corrected chi connectivity index (χ1v) is 6.26. The van der Waals surface area contributed by atoms with Crippen LogP contribution in [0.4, 0.5) is 0 Å². The molecule has 2 N–H and O–H groups in total. The summed E-state index contributed by atoms with van der Waals surface area (Å²) < 4.78 is 11.0. The molecule has 0 bridgehead atoms. The number of likely N-dealkylation sites (N-methyl/N-ethyl adjacent to an activating group) is 1. The molecule has 5 nitrogen and oxygen atoms in total. The van der Waals surface area contributed by atoms with E-state index in [0.717, 1.165) is 24.4 Å². The summed E-state index contributed by atoms with van der Waals surface area (Å²) in [5.74, 6) is 1.64. The van der Waals surface area contributed by atoms with Gasteiger partial charge in [-0.05, 0) is 31.9 Å². The Morgan fingerprint density at radius 3 is 2.83 bits per heavy atom. The number of carbonyl (C=O) groups excluding carboxylic acids is 1. The SMILES string of the molecule is Cc1ccc(CN(C)C(=O)C2CCC(CN)O2)o1. The standard InChI is InChI=1S/C13H20N2O3/c1-9-3-4-11(17-9)8-15(2)13(16)12-6-5-10(7-14)18-12/h3-4,10,12H,5-8,14H2,1-2H3. The van der Waals surface area contributed by atoms with E-state index in [4.69, 9.17) is 14.9 Å². The van der Waals surface area contributed by atoms with Gasteiger partial charge < -0.3 is 19.8 Å². The normalized spacial score (nSPS) is 23.3. The van der Waals surface area contributed by atoms with Crippen molar-refractivity contribution in [3.63, 3.8) is 0 Å². The van der Waals surface area contributed by atoms with Crippen LogP contribution in [-0.4, -0.2) is 36.6 Å². The van der Waals surface area contributed by atoms with Crippen molar-refractivity contribution in [3.8, 4) is 0 Å². The Hall–Kier alpha value is -1.33. The second-order valence-electron chi connectivity index (χ2n) is 4.77. The van der Waals surface area contributed by atoms with Crippen LogP contribution in [0.25, 0.3) is 0 Å². The van der Waals surface area contributed by atoms with Crippen LogP contribution in [-0.2, 0) is 16.1 Å². The number of hydrogen-bond donors (Lipinski definition) is 1. The van der Waals surface area contributed by atoms with Crippen molar-refractivity contribution in [3.05, 3.63) is 23.7 Å². The fourth-order valence-electron chi connectivity index (χ4n) is 2.19. The molecule has 1 aliphatic heterocycles. The van der Waals surface area contributed by atoms with Crippen LogP contribution >= 0.6 is 0 Å². The van der Waals surface area contributed by atoms with E-state index in [-0.39, 0.29) is 18.1 Å². The van der Waals surface area contributed by atoms with Crippen LogP contribution in [0.1, 0.15) is 24.4 Å². The smallest absolute Gasteiger partial charge is 0.251 e. The van der Waals surface area contributed by atoms with E-state index in [1.807, 2.05) is 19.1 Å². The Bertz CT molecular complexity index is 416. The molecule has 1 fully saturated rings. The monoisotopic (exact) mass is 252 g/mol. The highest BCUT2D eigenvalue weighted by atomic mass is 16.5. The van der Waals surface area contributed by atoms with Crippen LogP contribution in [0, 0.1) is 6.92 Å². The molecule has 5 heteroatoms. The Labute approximate surface area is 107 Å². The highest BCUT2D eigenvalue weighted by Crippen LogP contribution is 2.21. The summed E-state index contributed by atoms with van der Waals surface area (Å²) in [5, 5.41) is 0. The molecule has 0 radical (unpaired) electrons. The molecule has 0 aliphatic carbocycles. The second kappa shape index (κ2) is 5.54. The molecule has 1 saturated heterocycles. The summed E-state index contributed by atoms with van der Waals surface area (Å²) in [6.07, 6.45) is 1.29. The summed E-state index contributed by atoms with van der Waals surface area (Å²) in [5.41, 5.74) is 5.53. The molecule has 18 heavy (non-hydrogen) atoms. The maximum absolute atomic E-state index is 12.1. The highest BCUT2D eigenvalue weighted by molar-refractivity contribution is 5.80. The molecule has 2 atom stereocenters. The van der Waals surface area contributed by atoms with E-state index < -0.39 is 0 Å². The van der Waals surface area contributed by atoms with Gasteiger partial charge >= 0.3 is 0 Å². The van der Waals surface area contributed by atoms with Crippen LogP contribution in [0.15, 0.2) is 16.5 Å². The summed E-state index contributed by atoms with van der Waals surface area (Å²) in [6.45, 7) is 2.84. The van der Waals surface area contributed by atoms with Crippen LogP contribution in [0.3, 0.4) is 0 Å². The molecule has 1 aliphatic rings. The molecule has 1 aromatic heterocycles. The fourth-order valence-corrected chi connectivity index (χ4v) is 2.19. The van der Waals surface area contributed by atoms with Crippen molar-refractivity contribution >= 4 is 5.91 Å². The molecule has 0 saturated carbocycles. The quantitative estimate of drug-likeness (QED) is 0.869. The van der Waals surface area contributed by atoms with Gasteiger partial charge in [0.2, 0.25) is 0 Å². The number of nitrogens with two attached hydrogens (primary N) is 1. The zero-order valence-electron chi connectivity index (χ0n) is 10.9. The molecular weight excluding hydrogens is 232 g/mol. The third-order valence-corrected chi connectivity index (χ3v) is 3.21.